The minimum Gasteiger partial charge on any atom is -0.294 e. The van der Waals surface area contributed by atoms with Crippen LogP contribution in [0.5, 0.6) is 0 Å². The molecule has 0 aliphatic heterocycles. The van der Waals surface area contributed by atoms with Crippen molar-refractivity contribution in [1.82, 2.24) is 0 Å². The molecule has 1 aromatic carbocycles. The summed E-state index contributed by atoms with van der Waals surface area (Å²) in [6.07, 6.45) is 0. The molecule has 0 amide bonds. The fourth-order valence-electron chi connectivity index (χ4n) is 0.798. The lowest BCUT2D eigenvalue weighted by atomic mass is 10.1. The number of carbonyl (C=O) groups is 1. The van der Waals surface area contributed by atoms with Crippen molar-refractivity contribution >= 4 is 28.4 Å². The van der Waals surface area contributed by atoms with Crippen LogP contribution in [-0.4, -0.2) is 5.78 Å². The molecule has 0 radical (unpaired) electrons. The molecular weight excluding hydrogens is 277 g/mol. The van der Waals surface area contributed by atoms with Crippen molar-refractivity contribution in [1.29, 1.82) is 0 Å². The molecule has 0 bridgehead atoms. The number of hydrogen-bond acceptors (Lipinski definition) is 1. The van der Waals surface area contributed by atoms with Crippen LogP contribution in [0.1, 0.15) is 17.3 Å². The molecule has 0 spiro atoms. The topological polar surface area (TPSA) is 17.1 Å². The van der Waals surface area contributed by atoms with Gasteiger partial charge in [0, 0.05) is 5.56 Å². The van der Waals surface area contributed by atoms with Crippen LogP contribution in [0.3, 0.4) is 0 Å². The van der Waals surface area contributed by atoms with Gasteiger partial charge in [0.05, 0.1) is 3.57 Å². The standard InChI is InChI=1S/C8H5F2IO/c1-4(12)5-2-3-6(9)7(10)8(5)11/h2-3H,1H3. The molecule has 0 aromatic heterocycles. The van der Waals surface area contributed by atoms with Gasteiger partial charge < -0.3 is 0 Å². The molecule has 64 valence electrons. The Balaban J connectivity index is 3.36. The lowest BCUT2D eigenvalue weighted by molar-refractivity contribution is 0.101. The third-order valence-corrected chi connectivity index (χ3v) is 2.47. The monoisotopic (exact) mass is 282 g/mol. The van der Waals surface area contributed by atoms with Crippen molar-refractivity contribution in [2.45, 2.75) is 6.92 Å². The van der Waals surface area contributed by atoms with Gasteiger partial charge >= 0.3 is 0 Å². The number of Topliss-reactive ketones (excluding diaryl/α,β-unsaturated/α-hetero) is 1. The molecule has 0 aliphatic carbocycles. The Morgan fingerprint density at radius 3 is 2.50 bits per heavy atom. The Hall–Kier alpha value is -0.520. The van der Waals surface area contributed by atoms with Crippen molar-refractivity contribution in [3.05, 3.63) is 32.9 Å². The van der Waals surface area contributed by atoms with E-state index in [1.807, 2.05) is 0 Å². The fourth-order valence-corrected chi connectivity index (χ4v) is 1.62. The van der Waals surface area contributed by atoms with Crippen LogP contribution in [-0.2, 0) is 0 Å². The predicted octanol–water partition coefficient (Wildman–Crippen LogP) is 2.77. The number of ketones is 1. The SMILES string of the molecule is CC(=O)c1ccc(F)c(F)c1I. The van der Waals surface area contributed by atoms with E-state index < -0.39 is 11.6 Å². The predicted molar refractivity (Wildman–Crippen MR) is 49.1 cm³/mol. The normalized spacial score (nSPS) is 10.0. The molecule has 1 nitrogen and oxygen atoms in total. The number of benzene rings is 1. The van der Waals surface area contributed by atoms with E-state index >= 15 is 0 Å². The maximum Gasteiger partial charge on any atom is 0.172 e. The van der Waals surface area contributed by atoms with Crippen LogP contribution >= 0.6 is 22.6 Å². The van der Waals surface area contributed by atoms with Gasteiger partial charge in [0.1, 0.15) is 0 Å². The molecule has 1 rings (SSSR count). The van der Waals surface area contributed by atoms with Crippen LogP contribution in [0.4, 0.5) is 8.78 Å². The van der Waals surface area contributed by atoms with E-state index in [2.05, 4.69) is 0 Å². The summed E-state index contributed by atoms with van der Waals surface area (Å²) in [6, 6.07) is 2.23. The highest BCUT2D eigenvalue weighted by atomic mass is 127. The first-order valence-electron chi connectivity index (χ1n) is 3.18. The first-order valence-corrected chi connectivity index (χ1v) is 4.26. The molecule has 0 atom stereocenters. The highest BCUT2D eigenvalue weighted by Gasteiger charge is 2.12. The minimum atomic E-state index is -0.955. The van der Waals surface area contributed by atoms with Crippen LogP contribution in [0.15, 0.2) is 12.1 Å². The maximum absolute atomic E-state index is 12.8. The zero-order chi connectivity index (χ0) is 9.30. The summed E-state index contributed by atoms with van der Waals surface area (Å²) in [5.74, 6) is -2.15. The molecule has 0 saturated carbocycles. The van der Waals surface area contributed by atoms with Gasteiger partial charge in [0.2, 0.25) is 0 Å². The summed E-state index contributed by atoms with van der Waals surface area (Å²) in [5.41, 5.74) is 0.217. The van der Waals surface area contributed by atoms with E-state index in [9.17, 15) is 13.6 Å². The van der Waals surface area contributed by atoms with Crippen molar-refractivity contribution in [3.63, 3.8) is 0 Å². The smallest absolute Gasteiger partial charge is 0.172 e. The van der Waals surface area contributed by atoms with Crippen molar-refractivity contribution in [3.8, 4) is 0 Å². The Morgan fingerprint density at radius 1 is 1.42 bits per heavy atom. The average Bonchev–Trinajstić information content (AvgIpc) is 2.00. The summed E-state index contributed by atoms with van der Waals surface area (Å²) < 4.78 is 25.4. The van der Waals surface area contributed by atoms with Gasteiger partial charge in [-0.2, -0.15) is 0 Å². The Morgan fingerprint density at radius 2 is 2.00 bits per heavy atom. The molecule has 12 heavy (non-hydrogen) atoms. The summed E-state index contributed by atoms with van der Waals surface area (Å²) in [6.45, 7) is 1.31. The molecule has 1 aromatic rings. The minimum absolute atomic E-state index is 0.0418. The van der Waals surface area contributed by atoms with Crippen molar-refractivity contribution < 1.29 is 13.6 Å². The Labute approximate surface area is 81.9 Å². The maximum atomic E-state index is 12.8. The number of rotatable bonds is 1. The summed E-state index contributed by atoms with van der Waals surface area (Å²) in [4.78, 5) is 10.8. The van der Waals surface area contributed by atoms with Gasteiger partial charge in [-0.3, -0.25) is 4.79 Å². The zero-order valence-corrected chi connectivity index (χ0v) is 8.35. The highest BCUT2D eigenvalue weighted by Crippen LogP contribution is 2.19. The second-order valence-electron chi connectivity index (χ2n) is 2.28. The largest absolute Gasteiger partial charge is 0.294 e. The van der Waals surface area contributed by atoms with E-state index in [1.165, 1.54) is 13.0 Å². The lowest BCUT2D eigenvalue weighted by Gasteiger charge is -2.01. The van der Waals surface area contributed by atoms with Crippen LogP contribution < -0.4 is 0 Å². The van der Waals surface area contributed by atoms with E-state index in [-0.39, 0.29) is 14.9 Å². The lowest BCUT2D eigenvalue weighted by Crippen LogP contribution is -2.00. The van der Waals surface area contributed by atoms with Crippen molar-refractivity contribution in [2.75, 3.05) is 0 Å². The number of hydrogen-bond donors (Lipinski definition) is 0. The van der Waals surface area contributed by atoms with Crippen molar-refractivity contribution in [2.24, 2.45) is 0 Å². The first-order chi connectivity index (χ1) is 5.54. The summed E-state index contributed by atoms with van der Waals surface area (Å²) >= 11 is 1.61. The first kappa shape index (κ1) is 9.57. The highest BCUT2D eigenvalue weighted by molar-refractivity contribution is 14.1. The van der Waals surface area contributed by atoms with E-state index in [0.717, 1.165) is 6.07 Å². The Kier molecular flexibility index (Phi) is 2.76. The number of carbonyl (C=O) groups excluding carboxylic acids is 1. The second kappa shape index (κ2) is 3.47. The molecule has 0 N–H and O–H groups in total. The average molecular weight is 282 g/mol. The second-order valence-corrected chi connectivity index (χ2v) is 3.36. The number of halogens is 3. The molecule has 4 heteroatoms. The van der Waals surface area contributed by atoms with E-state index in [1.54, 1.807) is 22.6 Å². The molecule has 0 fully saturated rings. The van der Waals surface area contributed by atoms with Gasteiger partial charge in [-0.05, 0) is 41.6 Å². The quantitative estimate of drug-likeness (QED) is 0.440. The summed E-state index contributed by atoms with van der Waals surface area (Å²) in [5, 5.41) is 0. The summed E-state index contributed by atoms with van der Waals surface area (Å²) in [7, 11) is 0. The van der Waals surface area contributed by atoms with Gasteiger partial charge in [-0.15, -0.1) is 0 Å². The third kappa shape index (κ3) is 1.63. The van der Waals surface area contributed by atoms with Gasteiger partial charge in [0.15, 0.2) is 17.4 Å². The molecule has 0 heterocycles. The van der Waals surface area contributed by atoms with Crippen LogP contribution in [0.2, 0.25) is 0 Å². The molecule has 0 saturated heterocycles. The Bertz CT molecular complexity index is 336. The van der Waals surface area contributed by atoms with Gasteiger partial charge in [-0.1, -0.05) is 0 Å². The molecule has 0 unspecified atom stereocenters. The molecular formula is C8H5F2IO. The van der Waals surface area contributed by atoms with E-state index in [4.69, 9.17) is 0 Å². The van der Waals surface area contributed by atoms with Crippen LogP contribution in [0.25, 0.3) is 0 Å². The van der Waals surface area contributed by atoms with Gasteiger partial charge in [-0.25, -0.2) is 8.78 Å². The van der Waals surface area contributed by atoms with Crippen LogP contribution in [0, 0.1) is 15.2 Å². The zero-order valence-electron chi connectivity index (χ0n) is 6.20. The molecule has 0 aliphatic rings. The third-order valence-electron chi connectivity index (χ3n) is 1.41. The van der Waals surface area contributed by atoms with E-state index in [0.29, 0.717) is 0 Å². The van der Waals surface area contributed by atoms with Gasteiger partial charge in [0.25, 0.3) is 0 Å². The fraction of sp³-hybridized carbons (Fsp3) is 0.125.